The maximum atomic E-state index is 2.68. The molecule has 0 unspecified atom stereocenters. The highest BCUT2D eigenvalue weighted by Gasteiger charge is 1.80. The van der Waals surface area contributed by atoms with Crippen LogP contribution in [-0.4, -0.2) is 0 Å². The van der Waals surface area contributed by atoms with Crippen LogP contribution in [0.3, 0.4) is 0 Å². The molecule has 0 aliphatic heterocycles. The van der Waals surface area contributed by atoms with Crippen molar-refractivity contribution in [2.75, 3.05) is 0 Å². The lowest BCUT2D eigenvalue weighted by atomic mass is 10.2. The van der Waals surface area contributed by atoms with Crippen molar-refractivity contribution in [3.05, 3.63) is 0 Å². The highest BCUT2D eigenvalue weighted by atomic mass is 13.9. The van der Waals surface area contributed by atoms with Crippen LogP contribution in [0.4, 0.5) is 0 Å². The maximum Gasteiger partial charge on any atom is -0.00271 e. The van der Waals surface area contributed by atoms with Crippen LogP contribution < -0.4 is 0 Å². The molecule has 0 aliphatic rings. The highest BCUT2D eigenvalue weighted by Crippen LogP contribution is 1.93. The zero-order valence-electron chi connectivity index (χ0n) is 12.3. The van der Waals surface area contributed by atoms with Crippen LogP contribution in [0, 0.1) is 29.6 Å². The van der Waals surface area contributed by atoms with Gasteiger partial charge in [0.1, 0.15) is 0 Å². The van der Waals surface area contributed by atoms with E-state index in [-0.39, 0.29) is 0 Å². The summed E-state index contributed by atoms with van der Waals surface area (Å²) in [6.07, 6.45) is 1.31. The molecule has 15 heavy (non-hydrogen) atoms. The maximum absolute atomic E-state index is 2.68. The third kappa shape index (κ3) is 167. The summed E-state index contributed by atoms with van der Waals surface area (Å²) in [4.78, 5) is 0. The van der Waals surface area contributed by atoms with Gasteiger partial charge in [0, 0.05) is 0 Å². The minimum Gasteiger partial charge on any atom is -0.107 e. The fourth-order valence-corrected chi connectivity index (χ4v) is 0. The van der Waals surface area contributed by atoms with Gasteiger partial charge in [0.15, 0.2) is 0 Å². The molecule has 0 N–H and O–H groups in total. The molecule has 0 aromatic carbocycles. The Kier molecular flexibility index (Phi) is 60.1. The van der Waals surface area contributed by atoms with E-state index in [1.807, 2.05) is 41.5 Å². The number of rotatable bonds is 1. The Bertz CT molecular complexity index is 136. The van der Waals surface area contributed by atoms with E-state index < -0.39 is 0 Å². The van der Waals surface area contributed by atoms with Crippen molar-refractivity contribution in [2.24, 2.45) is 5.92 Å². The summed E-state index contributed by atoms with van der Waals surface area (Å²) in [7, 11) is 0. The lowest BCUT2D eigenvalue weighted by Crippen LogP contribution is -1.77. The Morgan fingerprint density at radius 3 is 0.867 bits per heavy atom. The summed E-state index contributed by atoms with van der Waals surface area (Å²) in [6, 6.07) is 0. The Balaban J connectivity index is -0.0000000562. The smallest absolute Gasteiger partial charge is 0.00271 e. The molecule has 90 valence electrons. The summed E-state index contributed by atoms with van der Waals surface area (Å²) in [5.74, 6) is 11.6. The second kappa shape index (κ2) is 38.0. The van der Waals surface area contributed by atoms with Crippen molar-refractivity contribution in [1.29, 1.82) is 0 Å². The number of hydrogen-bond acceptors (Lipinski definition) is 0. The first kappa shape index (κ1) is 23.7. The minimum atomic E-state index is 0.884. The van der Waals surface area contributed by atoms with Gasteiger partial charge in [-0.25, -0.2) is 0 Å². The molecule has 0 aromatic heterocycles. The Hall–Kier alpha value is -0.880. The Morgan fingerprint density at radius 1 is 0.733 bits per heavy atom. The molecule has 0 radical (unpaired) electrons. The van der Waals surface area contributed by atoms with E-state index in [4.69, 9.17) is 0 Å². The quantitative estimate of drug-likeness (QED) is 0.526. The van der Waals surface area contributed by atoms with Crippen LogP contribution in [0.5, 0.6) is 0 Å². The largest absolute Gasteiger partial charge is 0.107 e. The summed E-state index contributed by atoms with van der Waals surface area (Å²) in [6.45, 7) is 17.9. The van der Waals surface area contributed by atoms with Crippen LogP contribution in [0.2, 0.25) is 0 Å². The standard InChI is InChI=1S/C5H12.2C4H6.C2H6/c1-4-5(2)3;2*1-3-4-2;1-2/h5H,4H2,1-3H3;2*1-2H3;1-2H3. The van der Waals surface area contributed by atoms with Gasteiger partial charge in [0.25, 0.3) is 0 Å². The molecule has 0 nitrogen and oxygen atoms in total. The first-order valence-electron chi connectivity index (χ1n) is 5.77. The van der Waals surface area contributed by atoms with Gasteiger partial charge in [0.2, 0.25) is 0 Å². The van der Waals surface area contributed by atoms with Crippen LogP contribution >= 0.6 is 0 Å². The first-order chi connectivity index (χ1) is 7.10. The molecule has 0 fully saturated rings. The van der Waals surface area contributed by atoms with Crippen molar-refractivity contribution in [3.63, 3.8) is 0 Å². The van der Waals surface area contributed by atoms with Crippen LogP contribution in [0.15, 0.2) is 0 Å². The van der Waals surface area contributed by atoms with E-state index >= 15 is 0 Å². The molecule has 0 rings (SSSR count). The second-order valence-electron chi connectivity index (χ2n) is 2.80. The fourth-order valence-electron chi connectivity index (χ4n) is 0. The van der Waals surface area contributed by atoms with Gasteiger partial charge in [-0.1, -0.05) is 41.0 Å². The van der Waals surface area contributed by atoms with Gasteiger partial charge >= 0.3 is 0 Å². The van der Waals surface area contributed by atoms with Crippen molar-refractivity contribution in [1.82, 2.24) is 0 Å². The fraction of sp³-hybridized carbons (Fsp3) is 0.733. The van der Waals surface area contributed by atoms with Crippen LogP contribution in [0.1, 0.15) is 68.7 Å². The topological polar surface area (TPSA) is 0 Å². The molecule has 0 heteroatoms. The molecule has 0 atom stereocenters. The van der Waals surface area contributed by atoms with Crippen LogP contribution in [-0.2, 0) is 0 Å². The molecule has 0 aliphatic carbocycles. The lowest BCUT2D eigenvalue weighted by Gasteiger charge is -1.90. The normalized spacial score (nSPS) is 5.47. The summed E-state index contributed by atoms with van der Waals surface area (Å²) in [5.41, 5.74) is 0. The van der Waals surface area contributed by atoms with Gasteiger partial charge in [0.05, 0.1) is 0 Å². The Morgan fingerprint density at radius 2 is 0.867 bits per heavy atom. The monoisotopic (exact) mass is 210 g/mol. The van der Waals surface area contributed by atoms with Crippen molar-refractivity contribution in [2.45, 2.75) is 68.7 Å². The number of hydrogen-bond donors (Lipinski definition) is 0. The summed E-state index contributed by atoms with van der Waals surface area (Å²) < 4.78 is 0. The van der Waals surface area contributed by atoms with Crippen molar-refractivity contribution < 1.29 is 0 Å². The van der Waals surface area contributed by atoms with Gasteiger partial charge in [-0.05, 0) is 33.6 Å². The summed E-state index contributed by atoms with van der Waals surface area (Å²) >= 11 is 0. The van der Waals surface area contributed by atoms with E-state index in [1.54, 1.807) is 0 Å². The molecular formula is C15H30. The molecule has 0 aromatic rings. The van der Waals surface area contributed by atoms with E-state index in [0.717, 1.165) is 5.92 Å². The average molecular weight is 210 g/mol. The lowest BCUT2D eigenvalue weighted by molar-refractivity contribution is 0.626. The second-order valence-corrected chi connectivity index (χ2v) is 2.80. The first-order valence-corrected chi connectivity index (χ1v) is 5.77. The SMILES string of the molecule is CC.CC#CC.CC#CC.CCC(C)C. The predicted molar refractivity (Wildman–Crippen MR) is 74.7 cm³/mol. The Labute approximate surface area is 98.9 Å². The molecule has 0 spiro atoms. The van der Waals surface area contributed by atoms with E-state index in [0.29, 0.717) is 0 Å². The van der Waals surface area contributed by atoms with Gasteiger partial charge in [-0.15, -0.1) is 23.7 Å². The highest BCUT2D eigenvalue weighted by molar-refractivity contribution is 4.89. The molecule has 0 heterocycles. The zero-order valence-corrected chi connectivity index (χ0v) is 12.3. The van der Waals surface area contributed by atoms with Gasteiger partial charge < -0.3 is 0 Å². The molecule has 0 bridgehead atoms. The van der Waals surface area contributed by atoms with E-state index in [2.05, 4.69) is 44.5 Å². The molecule has 0 amide bonds. The summed E-state index contributed by atoms with van der Waals surface area (Å²) in [5, 5.41) is 0. The third-order valence-corrected chi connectivity index (χ3v) is 1.32. The van der Waals surface area contributed by atoms with Crippen molar-refractivity contribution >= 4 is 0 Å². The predicted octanol–water partition coefficient (Wildman–Crippen LogP) is 5.14. The van der Waals surface area contributed by atoms with Crippen LogP contribution in [0.25, 0.3) is 0 Å². The zero-order chi connectivity index (χ0) is 13.1. The molecular weight excluding hydrogens is 180 g/mol. The van der Waals surface area contributed by atoms with E-state index in [1.165, 1.54) is 6.42 Å². The van der Waals surface area contributed by atoms with Gasteiger partial charge in [-0.2, -0.15) is 0 Å². The molecule has 0 saturated heterocycles. The average Bonchev–Trinajstić information content (AvgIpc) is 2.32. The van der Waals surface area contributed by atoms with Crippen molar-refractivity contribution in [3.8, 4) is 23.7 Å². The van der Waals surface area contributed by atoms with E-state index in [9.17, 15) is 0 Å². The molecule has 0 saturated carbocycles. The third-order valence-electron chi connectivity index (χ3n) is 1.32. The van der Waals surface area contributed by atoms with Gasteiger partial charge in [-0.3, -0.25) is 0 Å². The minimum absolute atomic E-state index is 0.884.